The lowest BCUT2D eigenvalue weighted by Crippen LogP contribution is -2.49. The first kappa shape index (κ1) is 36.1. The lowest BCUT2D eigenvalue weighted by molar-refractivity contribution is -0.154. The van der Waals surface area contributed by atoms with Crippen molar-refractivity contribution in [1.29, 1.82) is 0 Å². The van der Waals surface area contributed by atoms with Gasteiger partial charge in [-0.1, -0.05) is 5.92 Å². The smallest absolute Gasteiger partial charge is 0.407 e. The van der Waals surface area contributed by atoms with Gasteiger partial charge in [-0.15, -0.1) is 5.10 Å². The molecule has 1 aliphatic rings. The molecule has 258 valence electrons. The highest BCUT2D eigenvalue weighted by molar-refractivity contribution is 5.92. The summed E-state index contributed by atoms with van der Waals surface area (Å²) in [4.78, 5) is 43.6. The first-order valence-corrected chi connectivity index (χ1v) is 16.3. The minimum atomic E-state index is -0.567. The SMILES string of the molecule is COC(=O)c1cc(OCCCCC(=O)OC(C)(C)C)cc(C#Cc2cnc3ccc(N4CCC[C@H](NC(=O)OC(C)(C)C)C4)nn23)c1C. The van der Waals surface area contributed by atoms with Gasteiger partial charge in [0.15, 0.2) is 5.65 Å². The topological polar surface area (TPSA) is 134 Å². The minimum absolute atomic E-state index is 0.0698. The molecule has 0 spiro atoms. The first-order valence-electron chi connectivity index (χ1n) is 16.3. The monoisotopic (exact) mass is 661 g/mol. The second-order valence-electron chi connectivity index (χ2n) is 13.8. The number of hydrogen-bond donors (Lipinski definition) is 1. The third-order valence-corrected chi connectivity index (χ3v) is 7.39. The molecule has 3 aromatic rings. The fourth-order valence-corrected chi connectivity index (χ4v) is 5.20. The molecule has 1 amide bonds. The number of carbonyl (C=O) groups excluding carboxylic acids is 3. The van der Waals surface area contributed by atoms with Gasteiger partial charge in [0.1, 0.15) is 28.5 Å². The van der Waals surface area contributed by atoms with Gasteiger partial charge in [-0.05, 0) is 110 Å². The van der Waals surface area contributed by atoms with Crippen molar-refractivity contribution >= 4 is 29.5 Å². The van der Waals surface area contributed by atoms with E-state index in [0.29, 0.717) is 66.2 Å². The van der Waals surface area contributed by atoms with E-state index in [-0.39, 0.29) is 12.0 Å². The van der Waals surface area contributed by atoms with Crippen LogP contribution in [0.25, 0.3) is 5.65 Å². The summed E-state index contributed by atoms with van der Waals surface area (Å²) in [5.74, 6) is 6.82. The predicted octanol–water partition coefficient (Wildman–Crippen LogP) is 5.61. The number of unbranched alkanes of at least 4 members (excludes halogenated alkanes) is 1. The lowest BCUT2D eigenvalue weighted by atomic mass is 10.0. The molecule has 12 nitrogen and oxygen atoms in total. The molecule has 0 radical (unpaired) electrons. The second-order valence-corrected chi connectivity index (χ2v) is 13.8. The van der Waals surface area contributed by atoms with E-state index in [1.54, 1.807) is 22.8 Å². The standard InChI is InChI=1S/C36H47N5O7/c1-24-25(20-28(21-29(24)33(43)45-8)46-19-10-9-13-32(42)47-35(2,3)4)14-15-27-22-37-30-16-17-31(39-41(27)30)40-18-11-12-26(23-40)38-34(44)48-36(5,6)7/h16-17,20-22,26H,9-13,18-19,23H2,1-8H3,(H,38,44)/t26-/m0/s1. The van der Waals surface area contributed by atoms with Crippen LogP contribution in [0.4, 0.5) is 10.6 Å². The van der Waals surface area contributed by atoms with Crippen molar-refractivity contribution in [2.24, 2.45) is 0 Å². The van der Waals surface area contributed by atoms with E-state index < -0.39 is 23.3 Å². The van der Waals surface area contributed by atoms with Gasteiger partial charge in [-0.2, -0.15) is 0 Å². The zero-order chi connectivity index (χ0) is 35.1. The Labute approximate surface area is 282 Å². The van der Waals surface area contributed by atoms with Crippen molar-refractivity contribution in [3.05, 3.63) is 52.8 Å². The van der Waals surface area contributed by atoms with Gasteiger partial charge in [-0.25, -0.2) is 19.1 Å². The van der Waals surface area contributed by atoms with Gasteiger partial charge in [-0.3, -0.25) is 4.79 Å². The third-order valence-electron chi connectivity index (χ3n) is 7.39. The fraction of sp³-hybridized carbons (Fsp3) is 0.528. The van der Waals surface area contributed by atoms with Crippen LogP contribution in [-0.2, 0) is 19.0 Å². The van der Waals surface area contributed by atoms with Crippen molar-refractivity contribution in [3.63, 3.8) is 0 Å². The van der Waals surface area contributed by atoms with E-state index in [1.807, 2.05) is 60.6 Å². The van der Waals surface area contributed by atoms with E-state index >= 15 is 0 Å². The summed E-state index contributed by atoms with van der Waals surface area (Å²) >= 11 is 0. The van der Waals surface area contributed by atoms with Crippen LogP contribution in [0.1, 0.15) is 101 Å². The average Bonchev–Trinajstić information content (AvgIpc) is 3.41. The van der Waals surface area contributed by atoms with Crippen LogP contribution >= 0.6 is 0 Å². The number of hydrogen-bond acceptors (Lipinski definition) is 10. The molecule has 1 aromatic carbocycles. The summed E-state index contributed by atoms with van der Waals surface area (Å²) in [5.41, 5.74) is 1.73. The summed E-state index contributed by atoms with van der Waals surface area (Å²) < 4.78 is 23.5. The van der Waals surface area contributed by atoms with Crippen molar-refractivity contribution in [1.82, 2.24) is 19.9 Å². The molecule has 4 rings (SSSR count). The highest BCUT2D eigenvalue weighted by Crippen LogP contribution is 2.24. The minimum Gasteiger partial charge on any atom is -0.494 e. The quantitative estimate of drug-likeness (QED) is 0.134. The number of aromatic nitrogens is 3. The summed E-state index contributed by atoms with van der Waals surface area (Å²) in [7, 11) is 1.33. The number of nitrogens with one attached hydrogen (secondary N) is 1. The van der Waals surface area contributed by atoms with Crippen molar-refractivity contribution in [3.8, 4) is 17.6 Å². The van der Waals surface area contributed by atoms with E-state index in [4.69, 9.17) is 24.0 Å². The molecule has 1 atom stereocenters. The Morgan fingerprint density at radius 3 is 2.48 bits per heavy atom. The maximum Gasteiger partial charge on any atom is 0.407 e. The number of fused-ring (bicyclic) bond motifs is 1. The first-order chi connectivity index (χ1) is 22.6. The zero-order valence-corrected chi connectivity index (χ0v) is 29.3. The number of benzene rings is 1. The Kier molecular flexibility index (Phi) is 11.6. The van der Waals surface area contributed by atoms with Gasteiger partial charge in [0.2, 0.25) is 0 Å². The molecule has 0 saturated carbocycles. The average molecular weight is 662 g/mol. The largest absolute Gasteiger partial charge is 0.494 e. The van der Waals surface area contributed by atoms with Gasteiger partial charge < -0.3 is 29.2 Å². The molecule has 0 bridgehead atoms. The van der Waals surface area contributed by atoms with E-state index in [2.05, 4.69) is 27.0 Å². The fourth-order valence-electron chi connectivity index (χ4n) is 5.20. The Morgan fingerprint density at radius 2 is 1.77 bits per heavy atom. The van der Waals surface area contributed by atoms with Crippen LogP contribution in [0, 0.1) is 18.8 Å². The molecule has 1 saturated heterocycles. The van der Waals surface area contributed by atoms with Crippen LogP contribution in [0.15, 0.2) is 30.5 Å². The molecule has 48 heavy (non-hydrogen) atoms. The molecule has 1 N–H and O–H groups in total. The van der Waals surface area contributed by atoms with E-state index in [1.165, 1.54) is 7.11 Å². The highest BCUT2D eigenvalue weighted by atomic mass is 16.6. The van der Waals surface area contributed by atoms with Gasteiger partial charge in [0, 0.05) is 31.1 Å². The summed E-state index contributed by atoms with van der Waals surface area (Å²) in [5, 5.41) is 7.82. The van der Waals surface area contributed by atoms with Crippen LogP contribution in [0.3, 0.4) is 0 Å². The van der Waals surface area contributed by atoms with Gasteiger partial charge in [0.25, 0.3) is 0 Å². The molecule has 0 unspecified atom stereocenters. The number of anilines is 1. The number of methoxy groups -OCH3 is 1. The van der Waals surface area contributed by atoms with Crippen LogP contribution in [0.2, 0.25) is 0 Å². The molecule has 3 heterocycles. The Hall–Kier alpha value is -4.79. The lowest BCUT2D eigenvalue weighted by Gasteiger charge is -2.34. The Morgan fingerprint density at radius 1 is 1.02 bits per heavy atom. The normalized spacial score (nSPS) is 14.9. The van der Waals surface area contributed by atoms with Crippen LogP contribution < -0.4 is 15.0 Å². The molecule has 1 fully saturated rings. The van der Waals surface area contributed by atoms with Crippen molar-refractivity contribution < 1.29 is 33.3 Å². The maximum atomic E-state index is 12.6. The number of amides is 1. The van der Waals surface area contributed by atoms with Crippen molar-refractivity contribution in [2.45, 2.75) is 97.8 Å². The molecule has 0 aliphatic carbocycles. The summed E-state index contributed by atoms with van der Waals surface area (Å²) in [6, 6.07) is 7.16. The number of rotatable bonds is 9. The van der Waals surface area contributed by atoms with Gasteiger partial charge >= 0.3 is 18.0 Å². The molecule has 1 aliphatic heterocycles. The molecule has 2 aromatic heterocycles. The Bertz CT molecular complexity index is 1690. The molecular weight excluding hydrogens is 614 g/mol. The number of esters is 2. The number of alkyl carbamates (subject to hydrolysis) is 1. The number of ether oxygens (including phenoxy) is 4. The van der Waals surface area contributed by atoms with Crippen LogP contribution in [-0.4, -0.2) is 76.7 Å². The third kappa shape index (κ3) is 10.4. The number of carbonyl (C=O) groups is 3. The predicted molar refractivity (Wildman–Crippen MR) is 181 cm³/mol. The second kappa shape index (κ2) is 15.4. The molecular formula is C36H47N5O7. The summed E-state index contributed by atoms with van der Waals surface area (Å²) in [6.07, 6.45) is 4.51. The molecule has 12 heteroatoms. The number of nitrogens with zero attached hydrogens (tertiary/aromatic N) is 4. The van der Waals surface area contributed by atoms with E-state index in [9.17, 15) is 14.4 Å². The zero-order valence-electron chi connectivity index (χ0n) is 29.3. The summed E-state index contributed by atoms with van der Waals surface area (Å²) in [6.45, 7) is 14.6. The number of imidazole rings is 1. The van der Waals surface area contributed by atoms with Gasteiger partial charge in [0.05, 0.1) is 25.5 Å². The van der Waals surface area contributed by atoms with Crippen molar-refractivity contribution in [2.75, 3.05) is 31.7 Å². The van der Waals surface area contributed by atoms with E-state index in [0.717, 1.165) is 25.2 Å². The number of piperidine rings is 1. The Balaban J connectivity index is 1.49. The maximum absolute atomic E-state index is 12.6. The highest BCUT2D eigenvalue weighted by Gasteiger charge is 2.25. The van der Waals surface area contributed by atoms with Crippen LogP contribution in [0.5, 0.6) is 5.75 Å².